The number of thiazole rings is 1. The van der Waals surface area contributed by atoms with Crippen molar-refractivity contribution in [3.8, 4) is 0 Å². The van der Waals surface area contributed by atoms with Crippen LogP contribution in [0.4, 0.5) is 5.13 Å². The first-order chi connectivity index (χ1) is 12.5. The lowest BCUT2D eigenvalue weighted by Crippen LogP contribution is -2.30. The van der Waals surface area contributed by atoms with E-state index in [2.05, 4.69) is 4.98 Å². The van der Waals surface area contributed by atoms with E-state index < -0.39 is 16.0 Å². The Morgan fingerprint density at radius 3 is 2.58 bits per heavy atom. The summed E-state index contributed by atoms with van der Waals surface area (Å²) in [6.07, 6.45) is 1.55. The first-order valence-electron chi connectivity index (χ1n) is 7.67. The van der Waals surface area contributed by atoms with E-state index in [1.807, 2.05) is 0 Å². The van der Waals surface area contributed by atoms with E-state index in [-0.39, 0.29) is 11.4 Å². The molecule has 2 aromatic carbocycles. The lowest BCUT2D eigenvalue weighted by atomic mass is 10.1. The second-order valence-electron chi connectivity index (χ2n) is 5.33. The Morgan fingerprint density at radius 2 is 1.92 bits per heavy atom. The molecule has 0 N–H and O–H groups in total. The van der Waals surface area contributed by atoms with Gasteiger partial charge in [0.2, 0.25) is 0 Å². The molecule has 0 spiro atoms. The van der Waals surface area contributed by atoms with Gasteiger partial charge in [0.1, 0.15) is 0 Å². The number of ether oxygens (including phenoxy) is 1. The molecule has 0 aliphatic carbocycles. The van der Waals surface area contributed by atoms with Crippen molar-refractivity contribution in [3.63, 3.8) is 0 Å². The normalized spacial score (nSPS) is 11.1. The largest absolute Gasteiger partial charge is 0.465 e. The number of carbonyl (C=O) groups excluding carboxylic acids is 1. The van der Waals surface area contributed by atoms with Crippen molar-refractivity contribution in [2.45, 2.75) is 11.4 Å². The van der Waals surface area contributed by atoms with E-state index in [1.165, 1.54) is 22.8 Å². The quantitative estimate of drug-likeness (QED) is 0.606. The van der Waals surface area contributed by atoms with Crippen molar-refractivity contribution < 1.29 is 17.9 Å². The third-order valence-electron chi connectivity index (χ3n) is 3.64. The Bertz CT molecular complexity index is 987. The molecule has 0 saturated carbocycles. The number of aromatic nitrogens is 1. The first-order valence-corrected chi connectivity index (χ1v) is 9.99. The van der Waals surface area contributed by atoms with Crippen LogP contribution in [0.5, 0.6) is 0 Å². The van der Waals surface area contributed by atoms with E-state index in [0.29, 0.717) is 16.3 Å². The second kappa shape index (κ2) is 7.67. The molecule has 1 aromatic heterocycles. The van der Waals surface area contributed by atoms with Gasteiger partial charge in [-0.05, 0) is 29.8 Å². The van der Waals surface area contributed by atoms with Crippen molar-refractivity contribution in [2.75, 3.05) is 11.4 Å². The number of carbonyl (C=O) groups is 1. The van der Waals surface area contributed by atoms with Gasteiger partial charge >= 0.3 is 5.97 Å². The molecule has 0 bridgehead atoms. The number of nitrogens with zero attached hydrogens (tertiary/aromatic N) is 2. The number of rotatable bonds is 6. The number of anilines is 1. The van der Waals surface area contributed by atoms with Crippen LogP contribution in [0.3, 0.4) is 0 Å². The zero-order valence-electron chi connectivity index (χ0n) is 13.9. The lowest BCUT2D eigenvalue weighted by molar-refractivity contribution is 0.0600. The summed E-state index contributed by atoms with van der Waals surface area (Å²) in [4.78, 5) is 16.1. The van der Waals surface area contributed by atoms with Gasteiger partial charge in [0.15, 0.2) is 5.13 Å². The lowest BCUT2D eigenvalue weighted by Gasteiger charge is -2.22. The van der Waals surface area contributed by atoms with E-state index in [9.17, 15) is 13.2 Å². The minimum atomic E-state index is -3.80. The summed E-state index contributed by atoms with van der Waals surface area (Å²) < 4.78 is 32.2. The number of esters is 1. The van der Waals surface area contributed by atoms with Gasteiger partial charge in [0.25, 0.3) is 10.0 Å². The third-order valence-corrected chi connectivity index (χ3v) is 6.30. The molecule has 0 amide bonds. The molecule has 6 nitrogen and oxygen atoms in total. The van der Waals surface area contributed by atoms with Gasteiger partial charge < -0.3 is 4.74 Å². The number of sulfonamides is 1. The smallest absolute Gasteiger partial charge is 0.337 e. The first kappa shape index (κ1) is 18.1. The SMILES string of the molecule is COC(=O)c1cccc(CN(c2nccs2)S(=O)(=O)c2ccccc2)c1. The molecule has 0 aliphatic rings. The summed E-state index contributed by atoms with van der Waals surface area (Å²) in [6, 6.07) is 14.9. The summed E-state index contributed by atoms with van der Waals surface area (Å²) in [5.74, 6) is -0.474. The van der Waals surface area contributed by atoms with E-state index in [0.717, 1.165) is 0 Å². The molecular weight excluding hydrogens is 372 g/mol. The number of benzene rings is 2. The van der Waals surface area contributed by atoms with Crippen molar-refractivity contribution >= 4 is 32.5 Å². The fourth-order valence-corrected chi connectivity index (χ4v) is 4.69. The van der Waals surface area contributed by atoms with Gasteiger partial charge in [0, 0.05) is 11.6 Å². The van der Waals surface area contributed by atoms with E-state index in [1.54, 1.807) is 66.2 Å². The predicted molar refractivity (Wildman–Crippen MR) is 99.7 cm³/mol. The van der Waals surface area contributed by atoms with Crippen LogP contribution in [-0.4, -0.2) is 26.5 Å². The summed E-state index contributed by atoms with van der Waals surface area (Å²) >= 11 is 1.23. The summed E-state index contributed by atoms with van der Waals surface area (Å²) in [6.45, 7) is 0.0512. The topological polar surface area (TPSA) is 76.6 Å². The van der Waals surface area contributed by atoms with Gasteiger partial charge in [-0.3, -0.25) is 0 Å². The van der Waals surface area contributed by atoms with Crippen LogP contribution in [0.15, 0.2) is 71.1 Å². The minimum absolute atomic E-state index is 0.0512. The van der Waals surface area contributed by atoms with Crippen molar-refractivity contribution in [1.82, 2.24) is 4.98 Å². The molecule has 0 aliphatic heterocycles. The summed E-state index contributed by atoms with van der Waals surface area (Å²) in [5, 5.41) is 2.07. The molecule has 8 heteroatoms. The minimum Gasteiger partial charge on any atom is -0.465 e. The molecule has 0 unspecified atom stereocenters. The van der Waals surface area contributed by atoms with Gasteiger partial charge in [-0.15, -0.1) is 11.3 Å². The van der Waals surface area contributed by atoms with Crippen LogP contribution in [0.25, 0.3) is 0 Å². The maximum Gasteiger partial charge on any atom is 0.337 e. The van der Waals surface area contributed by atoms with E-state index in [4.69, 9.17) is 4.74 Å². The second-order valence-corrected chi connectivity index (χ2v) is 8.07. The maximum atomic E-state index is 13.1. The highest BCUT2D eigenvalue weighted by molar-refractivity contribution is 7.93. The van der Waals surface area contributed by atoms with Crippen LogP contribution in [0.2, 0.25) is 0 Å². The Balaban J connectivity index is 2.00. The molecule has 3 aromatic rings. The fraction of sp³-hybridized carbons (Fsp3) is 0.111. The Morgan fingerprint density at radius 1 is 1.15 bits per heavy atom. The average molecular weight is 388 g/mol. The zero-order valence-corrected chi connectivity index (χ0v) is 15.5. The van der Waals surface area contributed by atoms with Gasteiger partial charge in [-0.2, -0.15) is 0 Å². The van der Waals surface area contributed by atoms with Crippen LogP contribution in [-0.2, 0) is 21.3 Å². The third kappa shape index (κ3) is 3.76. The van der Waals surface area contributed by atoms with Gasteiger partial charge in [-0.25, -0.2) is 22.5 Å². The van der Waals surface area contributed by atoms with E-state index >= 15 is 0 Å². The van der Waals surface area contributed by atoms with Crippen molar-refractivity contribution in [3.05, 3.63) is 77.3 Å². The Kier molecular flexibility index (Phi) is 5.34. The molecule has 0 radical (unpaired) electrons. The van der Waals surface area contributed by atoms with Gasteiger partial charge in [-0.1, -0.05) is 30.3 Å². The summed E-state index contributed by atoms with van der Waals surface area (Å²) in [7, 11) is -2.49. The molecule has 3 rings (SSSR count). The monoisotopic (exact) mass is 388 g/mol. The number of methoxy groups -OCH3 is 1. The Hall–Kier alpha value is -2.71. The molecule has 1 heterocycles. The highest BCUT2D eigenvalue weighted by Crippen LogP contribution is 2.27. The summed E-state index contributed by atoms with van der Waals surface area (Å²) in [5.41, 5.74) is 1.02. The predicted octanol–water partition coefficient (Wildman–Crippen LogP) is 3.33. The highest BCUT2D eigenvalue weighted by atomic mass is 32.2. The molecule has 26 heavy (non-hydrogen) atoms. The van der Waals surface area contributed by atoms with Crippen LogP contribution >= 0.6 is 11.3 Å². The number of hydrogen-bond acceptors (Lipinski definition) is 6. The Labute approximate surface area is 155 Å². The molecule has 0 atom stereocenters. The van der Waals surface area contributed by atoms with Crippen molar-refractivity contribution in [2.24, 2.45) is 0 Å². The van der Waals surface area contributed by atoms with Gasteiger partial charge in [0.05, 0.1) is 24.1 Å². The zero-order chi connectivity index (χ0) is 18.6. The van der Waals surface area contributed by atoms with Crippen LogP contribution in [0.1, 0.15) is 15.9 Å². The maximum absolute atomic E-state index is 13.1. The standard InChI is InChI=1S/C18H16N2O4S2/c1-24-17(21)15-7-5-6-14(12-15)13-20(18-19-10-11-25-18)26(22,23)16-8-3-2-4-9-16/h2-12H,13H2,1H3. The molecular formula is C18H16N2O4S2. The van der Waals surface area contributed by atoms with Crippen molar-refractivity contribution in [1.29, 1.82) is 0 Å². The number of hydrogen-bond donors (Lipinski definition) is 0. The molecule has 134 valence electrons. The van der Waals surface area contributed by atoms with Crippen LogP contribution in [0, 0.1) is 0 Å². The molecule has 0 saturated heterocycles. The van der Waals surface area contributed by atoms with Crippen LogP contribution < -0.4 is 4.31 Å². The average Bonchev–Trinajstić information content (AvgIpc) is 3.20. The fourth-order valence-electron chi connectivity index (χ4n) is 2.39. The highest BCUT2D eigenvalue weighted by Gasteiger charge is 2.27. The molecule has 0 fully saturated rings.